The number of nitrogens with zero attached hydrogens (tertiary/aromatic N) is 3. The molecule has 4 heteroatoms. The van der Waals surface area contributed by atoms with Crippen molar-refractivity contribution in [2.45, 2.75) is 0 Å². The molecule has 4 heterocycles. The van der Waals surface area contributed by atoms with Crippen LogP contribution in [0.2, 0.25) is 0 Å². The van der Waals surface area contributed by atoms with Gasteiger partial charge in [-0.2, -0.15) is 0 Å². The molecule has 0 saturated heterocycles. The van der Waals surface area contributed by atoms with Gasteiger partial charge in [0.1, 0.15) is 11.2 Å². The predicted molar refractivity (Wildman–Crippen MR) is 186 cm³/mol. The van der Waals surface area contributed by atoms with Crippen LogP contribution in [0.4, 0.5) is 0 Å². The molecule has 4 nitrogen and oxygen atoms in total. The zero-order valence-corrected chi connectivity index (χ0v) is 24.2. The Hall–Kier alpha value is -6.13. The van der Waals surface area contributed by atoms with E-state index in [1.165, 1.54) is 27.2 Å². The van der Waals surface area contributed by atoms with E-state index in [9.17, 15) is 0 Å². The molecule has 0 fully saturated rings. The van der Waals surface area contributed by atoms with Gasteiger partial charge in [0.15, 0.2) is 0 Å². The van der Waals surface area contributed by atoms with Gasteiger partial charge in [0.05, 0.1) is 33.1 Å². The van der Waals surface area contributed by atoms with Gasteiger partial charge in [0.25, 0.3) is 0 Å². The van der Waals surface area contributed by atoms with Crippen LogP contribution in [-0.4, -0.2) is 14.1 Å². The largest absolute Gasteiger partial charge is 0.455 e. The van der Waals surface area contributed by atoms with E-state index in [0.717, 1.165) is 61.0 Å². The van der Waals surface area contributed by atoms with Crippen molar-refractivity contribution >= 4 is 65.6 Å². The lowest BCUT2D eigenvalue weighted by atomic mass is 10.1. The third-order valence-corrected chi connectivity index (χ3v) is 9.18. The molecule has 0 atom stereocenters. The Balaban J connectivity index is 1.20. The van der Waals surface area contributed by atoms with E-state index in [4.69, 9.17) is 4.42 Å². The molecule has 0 unspecified atom stereocenters. The highest BCUT2D eigenvalue weighted by Gasteiger charge is 2.20. The Labute approximate surface area is 258 Å². The summed E-state index contributed by atoms with van der Waals surface area (Å²) in [6.07, 6.45) is 1.83. The minimum Gasteiger partial charge on any atom is -0.455 e. The quantitative estimate of drug-likeness (QED) is 0.210. The molecule has 210 valence electrons. The normalized spacial score (nSPS) is 12.0. The second-order valence-corrected chi connectivity index (χ2v) is 11.6. The molecule has 10 rings (SSSR count). The number of pyridine rings is 1. The van der Waals surface area contributed by atoms with Crippen molar-refractivity contribution in [3.05, 3.63) is 152 Å². The van der Waals surface area contributed by atoms with E-state index < -0.39 is 0 Å². The summed E-state index contributed by atoms with van der Waals surface area (Å²) < 4.78 is 11.4. The standard InChI is InChI=1S/C41H25N3O/c1-4-13-35-29(9-1)30-10-2-5-14-36(30)44(35)28-20-23-39-33(25-28)31-21-22-38-40(41(31)45-39)32-11-3-6-15-37(32)43(38)27-18-16-26(17-19-27)34-12-7-8-24-42-34/h1-25H. The summed E-state index contributed by atoms with van der Waals surface area (Å²) >= 11 is 0. The van der Waals surface area contributed by atoms with Gasteiger partial charge >= 0.3 is 0 Å². The number of rotatable bonds is 3. The van der Waals surface area contributed by atoms with Crippen LogP contribution in [0.5, 0.6) is 0 Å². The lowest BCUT2D eigenvalue weighted by Crippen LogP contribution is -1.94. The fourth-order valence-corrected chi connectivity index (χ4v) is 7.21. The maximum Gasteiger partial charge on any atom is 0.145 e. The zero-order chi connectivity index (χ0) is 29.5. The Morgan fingerprint density at radius 2 is 1.07 bits per heavy atom. The van der Waals surface area contributed by atoms with Gasteiger partial charge in [0, 0.05) is 50.1 Å². The highest BCUT2D eigenvalue weighted by atomic mass is 16.3. The van der Waals surface area contributed by atoms with Gasteiger partial charge in [-0.3, -0.25) is 4.98 Å². The van der Waals surface area contributed by atoms with Crippen molar-refractivity contribution in [3.63, 3.8) is 0 Å². The number of para-hydroxylation sites is 3. The number of hydrogen-bond acceptors (Lipinski definition) is 2. The van der Waals surface area contributed by atoms with Gasteiger partial charge < -0.3 is 13.6 Å². The number of hydrogen-bond donors (Lipinski definition) is 0. The third kappa shape index (κ3) is 3.45. The molecule has 0 aliphatic carbocycles. The molecule has 0 radical (unpaired) electrons. The lowest BCUT2D eigenvalue weighted by Gasteiger charge is -2.09. The minimum absolute atomic E-state index is 0.888. The summed E-state index contributed by atoms with van der Waals surface area (Å²) in [5, 5.41) is 7.05. The third-order valence-electron chi connectivity index (χ3n) is 9.18. The molecule has 0 amide bonds. The summed E-state index contributed by atoms with van der Waals surface area (Å²) in [7, 11) is 0. The summed E-state index contributed by atoms with van der Waals surface area (Å²) in [5.74, 6) is 0. The first-order chi connectivity index (χ1) is 22.3. The van der Waals surface area contributed by atoms with Gasteiger partial charge in [-0.05, 0) is 72.8 Å². The van der Waals surface area contributed by atoms with Crippen LogP contribution in [0.3, 0.4) is 0 Å². The average molecular weight is 576 g/mol. The van der Waals surface area contributed by atoms with Crippen LogP contribution in [0, 0.1) is 0 Å². The number of fused-ring (bicyclic) bond motifs is 10. The van der Waals surface area contributed by atoms with Crippen molar-refractivity contribution in [3.8, 4) is 22.6 Å². The minimum atomic E-state index is 0.888. The highest BCUT2D eigenvalue weighted by molar-refractivity contribution is 6.24. The van der Waals surface area contributed by atoms with Gasteiger partial charge in [-0.25, -0.2) is 0 Å². The lowest BCUT2D eigenvalue weighted by molar-refractivity contribution is 0.673. The molecule has 4 aromatic heterocycles. The number of aromatic nitrogens is 3. The van der Waals surface area contributed by atoms with Crippen LogP contribution in [0.15, 0.2) is 156 Å². The van der Waals surface area contributed by atoms with Crippen LogP contribution in [0.25, 0.3) is 88.2 Å². The van der Waals surface area contributed by atoms with Crippen molar-refractivity contribution in [1.82, 2.24) is 14.1 Å². The van der Waals surface area contributed by atoms with E-state index in [2.05, 4.69) is 142 Å². The summed E-state index contributed by atoms with van der Waals surface area (Å²) in [6, 6.07) is 51.6. The van der Waals surface area contributed by atoms with Crippen molar-refractivity contribution in [1.29, 1.82) is 0 Å². The Kier molecular flexibility index (Phi) is 4.96. The SMILES string of the molecule is c1ccc(-c2ccc(-n3c4ccccc4c4c5oc6ccc(-n7c8ccccc8c8ccccc87)cc6c5ccc43)cc2)nc1. The molecule has 10 aromatic rings. The molecule has 0 saturated carbocycles. The summed E-state index contributed by atoms with van der Waals surface area (Å²) in [4.78, 5) is 4.53. The summed E-state index contributed by atoms with van der Waals surface area (Å²) in [6.45, 7) is 0. The molecule has 0 spiro atoms. The van der Waals surface area contributed by atoms with Crippen LogP contribution in [0.1, 0.15) is 0 Å². The Bertz CT molecular complexity index is 2690. The zero-order valence-electron chi connectivity index (χ0n) is 24.2. The molecule has 6 aromatic carbocycles. The second kappa shape index (κ2) is 9.18. The number of furan rings is 1. The Morgan fingerprint density at radius 1 is 0.444 bits per heavy atom. The fraction of sp³-hybridized carbons (Fsp3) is 0. The van der Waals surface area contributed by atoms with Gasteiger partial charge in [-0.15, -0.1) is 0 Å². The molecule has 0 bridgehead atoms. The maximum absolute atomic E-state index is 6.72. The fourth-order valence-electron chi connectivity index (χ4n) is 7.21. The molecule has 45 heavy (non-hydrogen) atoms. The Morgan fingerprint density at radius 3 is 1.78 bits per heavy atom. The van der Waals surface area contributed by atoms with E-state index >= 15 is 0 Å². The smallest absolute Gasteiger partial charge is 0.145 e. The van der Waals surface area contributed by atoms with Crippen LogP contribution < -0.4 is 0 Å². The molecule has 0 aliphatic rings. The van der Waals surface area contributed by atoms with Crippen molar-refractivity contribution < 1.29 is 4.42 Å². The average Bonchev–Trinajstić information content (AvgIpc) is 3.76. The first-order valence-electron chi connectivity index (χ1n) is 15.2. The van der Waals surface area contributed by atoms with Crippen molar-refractivity contribution in [2.75, 3.05) is 0 Å². The van der Waals surface area contributed by atoms with Gasteiger partial charge in [0.2, 0.25) is 0 Å². The maximum atomic E-state index is 6.72. The first kappa shape index (κ1) is 24.3. The molecule has 0 N–H and O–H groups in total. The predicted octanol–water partition coefficient (Wildman–Crippen LogP) is 10.8. The molecular formula is C41H25N3O. The second-order valence-electron chi connectivity index (χ2n) is 11.6. The van der Waals surface area contributed by atoms with Crippen LogP contribution in [-0.2, 0) is 0 Å². The summed E-state index contributed by atoms with van der Waals surface area (Å²) in [5.41, 5.74) is 10.8. The van der Waals surface area contributed by atoms with E-state index in [1.807, 2.05) is 24.4 Å². The van der Waals surface area contributed by atoms with Crippen molar-refractivity contribution in [2.24, 2.45) is 0 Å². The molecular weight excluding hydrogens is 550 g/mol. The monoisotopic (exact) mass is 575 g/mol. The topological polar surface area (TPSA) is 35.9 Å². The van der Waals surface area contributed by atoms with E-state index in [-0.39, 0.29) is 0 Å². The van der Waals surface area contributed by atoms with Crippen LogP contribution >= 0.6 is 0 Å². The van der Waals surface area contributed by atoms with E-state index in [1.54, 1.807) is 0 Å². The van der Waals surface area contributed by atoms with E-state index in [0.29, 0.717) is 0 Å². The van der Waals surface area contributed by atoms with Gasteiger partial charge in [-0.1, -0.05) is 72.8 Å². The first-order valence-corrected chi connectivity index (χ1v) is 15.2. The highest BCUT2D eigenvalue weighted by Crippen LogP contribution is 2.42. The number of benzene rings is 6. The molecule has 0 aliphatic heterocycles.